The molecule has 0 unspecified atom stereocenters. The predicted molar refractivity (Wildman–Crippen MR) is 72.6 cm³/mol. The molecule has 1 aromatic carbocycles. The summed E-state index contributed by atoms with van der Waals surface area (Å²) in [6.45, 7) is 3.12. The van der Waals surface area contributed by atoms with E-state index in [0.29, 0.717) is 13.2 Å². The lowest BCUT2D eigenvalue weighted by Crippen LogP contribution is -2.48. The lowest BCUT2D eigenvalue weighted by molar-refractivity contribution is 0.0393. The fourth-order valence-corrected chi connectivity index (χ4v) is 2.53. The van der Waals surface area contributed by atoms with Crippen molar-refractivity contribution in [2.75, 3.05) is 13.2 Å². The Morgan fingerprint density at radius 2 is 2.16 bits per heavy atom. The molecule has 1 saturated heterocycles. The zero-order valence-electron chi connectivity index (χ0n) is 11.3. The van der Waals surface area contributed by atoms with Crippen LogP contribution in [0, 0.1) is 5.92 Å². The number of benzene rings is 1. The van der Waals surface area contributed by atoms with Gasteiger partial charge in [0.1, 0.15) is 6.61 Å². The average molecular weight is 263 g/mol. The molecule has 1 aromatic rings. The second-order valence-corrected chi connectivity index (χ2v) is 5.06. The highest BCUT2D eigenvalue weighted by Crippen LogP contribution is 2.23. The lowest BCUT2D eigenvalue weighted by Gasteiger charge is -2.37. The van der Waals surface area contributed by atoms with Crippen molar-refractivity contribution in [2.45, 2.75) is 32.4 Å². The van der Waals surface area contributed by atoms with Gasteiger partial charge < -0.3 is 14.7 Å². The number of aliphatic hydroxyl groups excluding tert-OH is 1. The SMILES string of the molecule is C[C@H]1[C@@H](CO)CCCN1C(=O)OCc1ccccc1. The highest BCUT2D eigenvalue weighted by molar-refractivity contribution is 5.68. The van der Waals surface area contributed by atoms with E-state index >= 15 is 0 Å². The summed E-state index contributed by atoms with van der Waals surface area (Å²) < 4.78 is 5.34. The first-order chi connectivity index (χ1) is 9.22. The third-order valence-electron chi connectivity index (χ3n) is 3.82. The first-order valence-electron chi connectivity index (χ1n) is 6.80. The molecule has 1 aliphatic heterocycles. The Hall–Kier alpha value is -1.55. The van der Waals surface area contributed by atoms with Gasteiger partial charge in [-0.3, -0.25) is 0 Å². The largest absolute Gasteiger partial charge is 0.445 e. The van der Waals surface area contributed by atoms with Crippen molar-refractivity contribution in [1.29, 1.82) is 0 Å². The predicted octanol–water partition coefficient (Wildman–Crippen LogP) is 2.42. The van der Waals surface area contributed by atoms with Crippen molar-refractivity contribution in [3.8, 4) is 0 Å². The van der Waals surface area contributed by atoms with Gasteiger partial charge in [0.15, 0.2) is 0 Å². The Morgan fingerprint density at radius 3 is 2.84 bits per heavy atom. The topological polar surface area (TPSA) is 49.8 Å². The average Bonchev–Trinajstić information content (AvgIpc) is 2.46. The summed E-state index contributed by atoms with van der Waals surface area (Å²) in [5.74, 6) is 0.165. The summed E-state index contributed by atoms with van der Waals surface area (Å²) in [6, 6.07) is 9.70. The molecule has 2 rings (SSSR count). The molecule has 2 atom stereocenters. The monoisotopic (exact) mass is 263 g/mol. The normalized spacial score (nSPS) is 23.2. The number of nitrogens with zero attached hydrogens (tertiary/aromatic N) is 1. The number of carbonyl (C=O) groups is 1. The molecular formula is C15H21NO3. The van der Waals surface area contributed by atoms with E-state index in [1.54, 1.807) is 4.90 Å². The van der Waals surface area contributed by atoms with Crippen LogP contribution in [0.2, 0.25) is 0 Å². The lowest BCUT2D eigenvalue weighted by atomic mass is 9.91. The van der Waals surface area contributed by atoms with Gasteiger partial charge in [-0.1, -0.05) is 30.3 Å². The maximum atomic E-state index is 12.1. The van der Waals surface area contributed by atoms with Crippen LogP contribution in [0.25, 0.3) is 0 Å². The maximum Gasteiger partial charge on any atom is 0.410 e. The van der Waals surface area contributed by atoms with E-state index in [4.69, 9.17) is 4.74 Å². The standard InChI is InChI=1S/C15H21NO3/c1-12-14(10-17)8-5-9-16(12)15(18)19-11-13-6-3-2-4-7-13/h2-4,6-7,12,14,17H,5,8-11H2,1H3/t12-,14+/m0/s1. The minimum Gasteiger partial charge on any atom is -0.445 e. The molecule has 4 nitrogen and oxygen atoms in total. The Morgan fingerprint density at radius 1 is 1.42 bits per heavy atom. The summed E-state index contributed by atoms with van der Waals surface area (Å²) in [5, 5.41) is 9.29. The molecule has 19 heavy (non-hydrogen) atoms. The quantitative estimate of drug-likeness (QED) is 0.911. The van der Waals surface area contributed by atoms with Crippen molar-refractivity contribution in [3.63, 3.8) is 0 Å². The third kappa shape index (κ3) is 3.47. The van der Waals surface area contributed by atoms with Crippen LogP contribution in [0.5, 0.6) is 0 Å². The first kappa shape index (κ1) is 13.9. The van der Waals surface area contributed by atoms with Gasteiger partial charge in [0, 0.05) is 25.1 Å². The third-order valence-corrected chi connectivity index (χ3v) is 3.82. The van der Waals surface area contributed by atoms with Crippen LogP contribution in [0.4, 0.5) is 4.79 Å². The molecule has 1 aliphatic rings. The van der Waals surface area contributed by atoms with Crippen LogP contribution >= 0.6 is 0 Å². The van der Waals surface area contributed by atoms with Crippen molar-refractivity contribution in [3.05, 3.63) is 35.9 Å². The second-order valence-electron chi connectivity index (χ2n) is 5.06. The number of hydrogen-bond donors (Lipinski definition) is 1. The molecule has 4 heteroatoms. The van der Waals surface area contributed by atoms with Gasteiger partial charge in [-0.15, -0.1) is 0 Å². The smallest absolute Gasteiger partial charge is 0.410 e. The van der Waals surface area contributed by atoms with Crippen LogP contribution in [0.3, 0.4) is 0 Å². The van der Waals surface area contributed by atoms with Gasteiger partial charge in [0.05, 0.1) is 0 Å². The highest BCUT2D eigenvalue weighted by atomic mass is 16.6. The van der Waals surface area contributed by atoms with Crippen molar-refractivity contribution in [1.82, 2.24) is 4.90 Å². The van der Waals surface area contributed by atoms with Crippen LogP contribution in [0.15, 0.2) is 30.3 Å². The summed E-state index contributed by atoms with van der Waals surface area (Å²) in [6.07, 6.45) is 1.62. The van der Waals surface area contributed by atoms with E-state index in [2.05, 4.69) is 0 Å². The first-order valence-corrected chi connectivity index (χ1v) is 6.80. The van der Waals surface area contributed by atoms with Gasteiger partial charge in [0.25, 0.3) is 0 Å². The van der Waals surface area contributed by atoms with Gasteiger partial charge in [-0.2, -0.15) is 0 Å². The molecule has 1 fully saturated rings. The zero-order chi connectivity index (χ0) is 13.7. The van der Waals surface area contributed by atoms with E-state index in [1.165, 1.54) is 0 Å². The van der Waals surface area contributed by atoms with E-state index in [-0.39, 0.29) is 24.7 Å². The number of piperidine rings is 1. The van der Waals surface area contributed by atoms with Gasteiger partial charge >= 0.3 is 6.09 Å². The second kappa shape index (κ2) is 6.57. The molecule has 1 heterocycles. The molecule has 104 valence electrons. The number of aliphatic hydroxyl groups is 1. The fraction of sp³-hybridized carbons (Fsp3) is 0.533. The van der Waals surface area contributed by atoms with Crippen molar-refractivity contribution >= 4 is 6.09 Å². The number of amides is 1. The van der Waals surface area contributed by atoms with Crippen LogP contribution in [-0.4, -0.2) is 35.3 Å². The number of rotatable bonds is 3. The van der Waals surface area contributed by atoms with E-state index < -0.39 is 0 Å². The molecule has 0 bridgehead atoms. The van der Waals surface area contributed by atoms with Gasteiger partial charge in [-0.05, 0) is 25.3 Å². The zero-order valence-corrected chi connectivity index (χ0v) is 11.3. The summed E-state index contributed by atoms with van der Waals surface area (Å²) >= 11 is 0. The minimum atomic E-state index is -0.283. The Kier molecular flexibility index (Phi) is 4.80. The van der Waals surface area contributed by atoms with Gasteiger partial charge in [-0.25, -0.2) is 4.79 Å². The van der Waals surface area contributed by atoms with Gasteiger partial charge in [0.2, 0.25) is 0 Å². The van der Waals surface area contributed by atoms with Crippen molar-refractivity contribution < 1.29 is 14.6 Å². The maximum absolute atomic E-state index is 12.1. The molecule has 0 radical (unpaired) electrons. The number of likely N-dealkylation sites (tertiary alicyclic amines) is 1. The van der Waals surface area contributed by atoms with Crippen LogP contribution in [0.1, 0.15) is 25.3 Å². The minimum absolute atomic E-state index is 0.0435. The fourth-order valence-electron chi connectivity index (χ4n) is 2.53. The summed E-state index contributed by atoms with van der Waals surface area (Å²) in [5.41, 5.74) is 0.985. The molecule has 1 N–H and O–H groups in total. The van der Waals surface area contributed by atoms with E-state index in [9.17, 15) is 9.90 Å². The number of carbonyl (C=O) groups excluding carboxylic acids is 1. The Labute approximate surface area is 114 Å². The van der Waals surface area contributed by atoms with Crippen LogP contribution in [-0.2, 0) is 11.3 Å². The molecule has 0 spiro atoms. The summed E-state index contributed by atoms with van der Waals surface area (Å²) in [7, 11) is 0. The Balaban J connectivity index is 1.89. The van der Waals surface area contributed by atoms with E-state index in [1.807, 2.05) is 37.3 Å². The van der Waals surface area contributed by atoms with E-state index in [0.717, 1.165) is 18.4 Å². The molecule has 0 saturated carbocycles. The highest BCUT2D eigenvalue weighted by Gasteiger charge is 2.31. The summed E-state index contributed by atoms with van der Waals surface area (Å²) in [4.78, 5) is 13.8. The Bertz CT molecular complexity index is 407. The molecule has 1 amide bonds. The molecule has 0 aromatic heterocycles. The molecule has 0 aliphatic carbocycles. The molecular weight excluding hydrogens is 242 g/mol. The van der Waals surface area contributed by atoms with Crippen molar-refractivity contribution in [2.24, 2.45) is 5.92 Å². The van der Waals surface area contributed by atoms with Crippen LogP contribution < -0.4 is 0 Å². The number of ether oxygens (including phenoxy) is 1. The number of hydrogen-bond acceptors (Lipinski definition) is 3.